The van der Waals surface area contributed by atoms with Gasteiger partial charge in [-0.05, 0) is 57.8 Å². The quantitative estimate of drug-likeness (QED) is 0.0318. The van der Waals surface area contributed by atoms with Crippen molar-refractivity contribution in [3.8, 4) is 0 Å². The number of unbranched alkanes of at least 4 members (excludes halogenated alkanes) is 13. The molecule has 0 bridgehead atoms. The number of amides is 1. The third kappa shape index (κ3) is 32.8. The van der Waals surface area contributed by atoms with Gasteiger partial charge in [0.2, 0.25) is 5.91 Å². The maximum absolute atomic E-state index is 12.7. The van der Waals surface area contributed by atoms with Gasteiger partial charge in [-0.15, -0.1) is 0 Å². The molecule has 0 saturated heterocycles. The molecule has 0 heterocycles. The van der Waals surface area contributed by atoms with Gasteiger partial charge >= 0.3 is 0 Å². The highest BCUT2D eigenvalue weighted by Crippen LogP contribution is 2.38. The van der Waals surface area contributed by atoms with Crippen molar-refractivity contribution in [3.63, 3.8) is 0 Å². The van der Waals surface area contributed by atoms with Crippen molar-refractivity contribution in [2.24, 2.45) is 0 Å². The number of phosphoric ester groups is 1. The van der Waals surface area contributed by atoms with E-state index in [1.165, 1.54) is 51.4 Å². The van der Waals surface area contributed by atoms with E-state index in [9.17, 15) is 19.4 Å². The lowest BCUT2D eigenvalue weighted by atomic mass is 10.1. The van der Waals surface area contributed by atoms with Crippen LogP contribution in [0.15, 0.2) is 48.6 Å². The van der Waals surface area contributed by atoms with Crippen molar-refractivity contribution in [2.45, 2.75) is 148 Å². The number of quaternary nitrogens is 1. The minimum atomic E-state index is -4.58. The number of likely N-dealkylation sites (N-methyl/N-ethyl adjacent to an activating group) is 1. The average Bonchev–Trinajstić information content (AvgIpc) is 3.01. The van der Waals surface area contributed by atoms with Crippen LogP contribution in [0, 0.1) is 0 Å². The molecule has 0 aliphatic carbocycles. The fourth-order valence-corrected chi connectivity index (χ4v) is 5.45. The lowest BCUT2D eigenvalue weighted by molar-refractivity contribution is -0.870. The van der Waals surface area contributed by atoms with Crippen LogP contribution in [0.5, 0.6) is 0 Å². The Balaban J connectivity index is 4.41. The molecule has 0 rings (SSSR count). The molecule has 0 aliphatic rings. The second-order valence-electron chi connectivity index (χ2n) is 13.6. The van der Waals surface area contributed by atoms with Crippen LogP contribution in [-0.4, -0.2) is 68.5 Å². The highest BCUT2D eigenvalue weighted by Gasteiger charge is 2.23. The van der Waals surface area contributed by atoms with E-state index in [4.69, 9.17) is 9.05 Å². The van der Waals surface area contributed by atoms with E-state index in [0.29, 0.717) is 17.4 Å². The molecule has 0 radical (unpaired) electrons. The van der Waals surface area contributed by atoms with Crippen LogP contribution in [0.1, 0.15) is 136 Å². The minimum absolute atomic E-state index is 0.0104. The average molecular weight is 683 g/mol. The Morgan fingerprint density at radius 2 is 1.30 bits per heavy atom. The number of nitrogens with one attached hydrogen (secondary N) is 1. The highest BCUT2D eigenvalue weighted by molar-refractivity contribution is 7.45. The van der Waals surface area contributed by atoms with E-state index in [1.54, 1.807) is 6.08 Å². The van der Waals surface area contributed by atoms with Crippen LogP contribution in [0.25, 0.3) is 0 Å². The van der Waals surface area contributed by atoms with Crippen molar-refractivity contribution in [1.29, 1.82) is 0 Å². The van der Waals surface area contributed by atoms with Gasteiger partial charge in [0.05, 0.1) is 39.9 Å². The molecule has 1 amide bonds. The van der Waals surface area contributed by atoms with Gasteiger partial charge in [-0.3, -0.25) is 9.36 Å². The summed E-state index contributed by atoms with van der Waals surface area (Å²) in [6.07, 6.45) is 36.1. The molecule has 0 saturated carbocycles. The molecule has 3 unspecified atom stereocenters. The number of hydrogen-bond donors (Lipinski definition) is 2. The van der Waals surface area contributed by atoms with Crippen molar-refractivity contribution < 1.29 is 32.9 Å². The van der Waals surface area contributed by atoms with Gasteiger partial charge in [0, 0.05) is 6.42 Å². The van der Waals surface area contributed by atoms with Crippen LogP contribution < -0.4 is 10.2 Å². The molecule has 9 heteroatoms. The largest absolute Gasteiger partial charge is 0.756 e. The second-order valence-corrected chi connectivity index (χ2v) is 15.0. The summed E-state index contributed by atoms with van der Waals surface area (Å²) >= 11 is 0. The summed E-state index contributed by atoms with van der Waals surface area (Å²) < 4.78 is 22.9. The molecule has 0 aromatic rings. The number of allylic oxidation sites excluding steroid dienone is 7. The Hall–Kier alpha value is -1.54. The summed E-state index contributed by atoms with van der Waals surface area (Å²) in [6.45, 7) is 4.45. The summed E-state index contributed by atoms with van der Waals surface area (Å²) in [7, 11) is 1.22. The van der Waals surface area contributed by atoms with Gasteiger partial charge in [0.25, 0.3) is 7.82 Å². The molecule has 0 aliphatic heterocycles. The van der Waals surface area contributed by atoms with Crippen molar-refractivity contribution >= 4 is 13.7 Å². The van der Waals surface area contributed by atoms with E-state index < -0.39 is 26.6 Å². The first-order chi connectivity index (χ1) is 22.5. The number of hydrogen-bond acceptors (Lipinski definition) is 6. The Labute approximate surface area is 289 Å². The lowest BCUT2D eigenvalue weighted by Gasteiger charge is -2.29. The number of aliphatic hydroxyl groups excluding tert-OH is 1. The van der Waals surface area contributed by atoms with Gasteiger partial charge in [-0.1, -0.05) is 120 Å². The first-order valence-electron chi connectivity index (χ1n) is 18.5. The van der Waals surface area contributed by atoms with Gasteiger partial charge in [-0.2, -0.15) is 0 Å². The van der Waals surface area contributed by atoms with Gasteiger partial charge in [0.1, 0.15) is 13.2 Å². The lowest BCUT2D eigenvalue weighted by Crippen LogP contribution is -2.45. The zero-order valence-electron chi connectivity index (χ0n) is 30.7. The SMILES string of the molecule is CCC/C=C/CC/C=C/C(O)C(COP(=O)([O-])OCC[N+](C)(C)C)NC(=O)CCCCCCCCC/C=C\C/C=C\CCCCCC. The summed E-state index contributed by atoms with van der Waals surface area (Å²) in [6, 6.07) is -0.903. The maximum Gasteiger partial charge on any atom is 0.268 e. The second kappa shape index (κ2) is 30.5. The first kappa shape index (κ1) is 45.5. The Kier molecular flexibility index (Phi) is 29.5. The topological polar surface area (TPSA) is 108 Å². The molecule has 8 nitrogen and oxygen atoms in total. The summed E-state index contributed by atoms with van der Waals surface area (Å²) in [4.78, 5) is 25.0. The molecule has 274 valence electrons. The summed E-state index contributed by atoms with van der Waals surface area (Å²) in [5.74, 6) is -0.224. The van der Waals surface area contributed by atoms with Crippen LogP contribution in [0.2, 0.25) is 0 Å². The van der Waals surface area contributed by atoms with E-state index in [1.807, 2.05) is 27.2 Å². The number of nitrogens with zero attached hydrogens (tertiary/aromatic N) is 1. The Bertz CT molecular complexity index is 912. The molecule has 0 aromatic carbocycles. The van der Waals surface area contributed by atoms with Crippen LogP contribution >= 0.6 is 7.82 Å². The zero-order valence-corrected chi connectivity index (χ0v) is 31.6. The van der Waals surface area contributed by atoms with Crippen molar-refractivity contribution in [1.82, 2.24) is 5.32 Å². The molecular weight excluding hydrogens is 611 g/mol. The molecule has 0 aromatic heterocycles. The fraction of sp³-hybridized carbons (Fsp3) is 0.763. The van der Waals surface area contributed by atoms with E-state index >= 15 is 0 Å². The third-order valence-corrected chi connectivity index (χ3v) is 8.71. The van der Waals surface area contributed by atoms with Gasteiger partial charge in [0.15, 0.2) is 0 Å². The molecule has 2 N–H and O–H groups in total. The molecule has 0 spiro atoms. The smallest absolute Gasteiger partial charge is 0.268 e. The number of aliphatic hydroxyl groups is 1. The van der Waals surface area contributed by atoms with Crippen LogP contribution in [-0.2, 0) is 18.4 Å². The zero-order chi connectivity index (χ0) is 35.1. The number of phosphoric acid groups is 1. The normalized spacial score (nSPS) is 15.3. The van der Waals surface area contributed by atoms with Crippen LogP contribution in [0.3, 0.4) is 0 Å². The van der Waals surface area contributed by atoms with Crippen molar-refractivity contribution in [3.05, 3.63) is 48.6 Å². The molecule has 0 fully saturated rings. The number of carbonyl (C=O) groups excluding carboxylic acids is 1. The summed E-state index contributed by atoms with van der Waals surface area (Å²) in [5.41, 5.74) is 0. The summed E-state index contributed by atoms with van der Waals surface area (Å²) in [5, 5.41) is 13.6. The maximum atomic E-state index is 12.7. The minimum Gasteiger partial charge on any atom is -0.756 e. The van der Waals surface area contributed by atoms with Crippen LogP contribution in [0.4, 0.5) is 0 Å². The van der Waals surface area contributed by atoms with Gasteiger partial charge in [-0.25, -0.2) is 0 Å². The predicted molar refractivity (Wildman–Crippen MR) is 196 cm³/mol. The molecule has 47 heavy (non-hydrogen) atoms. The van der Waals surface area contributed by atoms with Gasteiger partial charge < -0.3 is 28.8 Å². The third-order valence-electron chi connectivity index (χ3n) is 7.74. The molecular formula is C38H71N2O6P. The standard InChI is InChI=1S/C38H71N2O6P/c1-6-8-10-12-14-15-16-17-18-19-20-21-22-23-24-26-28-30-32-38(42)39-36(37(41)31-29-27-25-13-11-9-7-2)35-46-47(43,44)45-34-33-40(3,4)5/h11,13,15-16,18-19,29,31,36-37,41H,6-10,12,14,17,20-28,30,32-35H2,1-5H3,(H-,39,42,43,44)/b13-11+,16-15-,19-18-,31-29+. The van der Waals surface area contributed by atoms with E-state index in [-0.39, 0.29) is 12.5 Å². The highest BCUT2D eigenvalue weighted by atomic mass is 31.2. The number of carbonyl (C=O) groups is 1. The Morgan fingerprint density at radius 3 is 1.91 bits per heavy atom. The van der Waals surface area contributed by atoms with E-state index in [2.05, 4.69) is 55.6 Å². The first-order valence-corrected chi connectivity index (χ1v) is 20.0. The monoisotopic (exact) mass is 683 g/mol. The molecule has 3 atom stereocenters. The predicted octanol–water partition coefficient (Wildman–Crippen LogP) is 8.72. The number of rotatable bonds is 32. The van der Waals surface area contributed by atoms with Crippen molar-refractivity contribution in [2.75, 3.05) is 40.9 Å². The Morgan fingerprint density at radius 1 is 0.745 bits per heavy atom. The fourth-order valence-electron chi connectivity index (χ4n) is 4.73. The van der Waals surface area contributed by atoms with E-state index in [0.717, 1.165) is 64.2 Å².